The summed E-state index contributed by atoms with van der Waals surface area (Å²) in [6, 6.07) is 0.226. The molecule has 5 nitrogen and oxygen atoms in total. The number of hydrogen-bond donors (Lipinski definition) is 2. The van der Waals surface area contributed by atoms with Crippen LogP contribution >= 0.6 is 12.2 Å². The van der Waals surface area contributed by atoms with Crippen molar-refractivity contribution in [1.29, 1.82) is 0 Å². The third kappa shape index (κ3) is 4.73. The number of likely N-dealkylation sites (tertiary alicyclic amines) is 1. The first-order valence-electron chi connectivity index (χ1n) is 5.40. The zero-order valence-electron chi connectivity index (χ0n) is 9.48. The lowest BCUT2D eigenvalue weighted by molar-refractivity contribution is 0.260. The molecule has 1 fully saturated rings. The highest BCUT2D eigenvalue weighted by atomic mass is 32.2. The van der Waals surface area contributed by atoms with Crippen LogP contribution < -0.4 is 10.5 Å². The van der Waals surface area contributed by atoms with Crippen LogP contribution in [0.4, 0.5) is 0 Å². The second-order valence-corrected chi connectivity index (χ2v) is 6.50. The van der Waals surface area contributed by atoms with Crippen LogP contribution in [0, 0.1) is 0 Å². The largest absolute Gasteiger partial charge is 0.392 e. The highest BCUT2D eigenvalue weighted by molar-refractivity contribution is 7.92. The van der Waals surface area contributed by atoms with E-state index < -0.39 is 10.0 Å². The van der Waals surface area contributed by atoms with Crippen molar-refractivity contribution in [3.05, 3.63) is 0 Å². The molecule has 0 aliphatic carbocycles. The van der Waals surface area contributed by atoms with E-state index in [-0.39, 0.29) is 16.8 Å². The lowest BCUT2D eigenvalue weighted by atomic mass is 10.3. The Balaban J connectivity index is 2.35. The fourth-order valence-corrected chi connectivity index (χ4v) is 3.23. The average Bonchev–Trinajstić information content (AvgIpc) is 2.64. The minimum atomic E-state index is -3.35. The van der Waals surface area contributed by atoms with Crippen molar-refractivity contribution in [2.45, 2.75) is 25.8 Å². The Kier molecular flexibility index (Phi) is 5.10. The second kappa shape index (κ2) is 5.90. The van der Waals surface area contributed by atoms with Crippen molar-refractivity contribution in [2.24, 2.45) is 5.73 Å². The van der Waals surface area contributed by atoms with Crippen molar-refractivity contribution in [3.63, 3.8) is 0 Å². The minimum absolute atomic E-state index is 0.00123. The number of nitrogens with two attached hydrogens (primary N) is 1. The number of hydrogen-bond acceptors (Lipinski definition) is 4. The molecule has 0 aromatic carbocycles. The summed E-state index contributed by atoms with van der Waals surface area (Å²) in [5.74, 6) is -0.269. The molecular weight excluding hydrogens is 246 g/mol. The molecule has 1 saturated heterocycles. The molecule has 0 amide bonds. The van der Waals surface area contributed by atoms with Crippen molar-refractivity contribution in [2.75, 3.05) is 25.4 Å². The molecule has 1 unspecified atom stereocenters. The maximum atomic E-state index is 11.5. The molecule has 0 bridgehead atoms. The third-order valence-corrected chi connectivity index (χ3v) is 4.32. The van der Waals surface area contributed by atoms with Gasteiger partial charge in [0.15, 0.2) is 0 Å². The molecule has 1 rings (SSSR count). The first kappa shape index (κ1) is 13.8. The van der Waals surface area contributed by atoms with Crippen LogP contribution in [0.5, 0.6) is 0 Å². The van der Waals surface area contributed by atoms with Gasteiger partial charge in [-0.25, -0.2) is 13.1 Å². The van der Waals surface area contributed by atoms with Gasteiger partial charge in [0.05, 0.1) is 4.99 Å². The summed E-state index contributed by atoms with van der Waals surface area (Å²) in [6.45, 7) is 4.55. The molecule has 0 aromatic heterocycles. The SMILES string of the molecule is CC(CNS(=O)(=O)CC(N)=S)N1CCCC1. The molecule has 1 heterocycles. The standard InChI is InChI=1S/C9H19N3O2S2/c1-8(12-4-2-3-5-12)6-11-16(13,14)7-9(10)15/h8,11H,2-7H2,1H3,(H2,10,15). The van der Waals surface area contributed by atoms with Crippen molar-refractivity contribution in [1.82, 2.24) is 9.62 Å². The summed E-state index contributed by atoms with van der Waals surface area (Å²) in [5.41, 5.74) is 5.21. The van der Waals surface area contributed by atoms with Gasteiger partial charge < -0.3 is 5.73 Å². The van der Waals surface area contributed by atoms with Gasteiger partial charge >= 0.3 is 0 Å². The Labute approximate surface area is 102 Å². The molecule has 16 heavy (non-hydrogen) atoms. The van der Waals surface area contributed by atoms with Gasteiger partial charge in [0.2, 0.25) is 10.0 Å². The van der Waals surface area contributed by atoms with E-state index in [2.05, 4.69) is 21.8 Å². The monoisotopic (exact) mass is 265 g/mol. The van der Waals surface area contributed by atoms with E-state index in [4.69, 9.17) is 5.73 Å². The van der Waals surface area contributed by atoms with Crippen LogP contribution in [0.1, 0.15) is 19.8 Å². The molecule has 1 aliphatic rings. The highest BCUT2D eigenvalue weighted by Crippen LogP contribution is 2.10. The van der Waals surface area contributed by atoms with Gasteiger partial charge in [0.1, 0.15) is 5.75 Å². The van der Waals surface area contributed by atoms with Gasteiger partial charge in [-0.1, -0.05) is 12.2 Å². The van der Waals surface area contributed by atoms with Gasteiger partial charge in [0, 0.05) is 12.6 Å². The number of nitrogens with one attached hydrogen (secondary N) is 1. The number of rotatable bonds is 6. The predicted octanol–water partition coefficient (Wildman–Crippen LogP) is -0.324. The molecule has 0 radical (unpaired) electrons. The molecule has 0 saturated carbocycles. The van der Waals surface area contributed by atoms with E-state index in [0.717, 1.165) is 13.1 Å². The van der Waals surface area contributed by atoms with E-state index in [0.29, 0.717) is 6.54 Å². The first-order chi connectivity index (χ1) is 7.41. The van der Waals surface area contributed by atoms with Crippen molar-refractivity contribution >= 4 is 27.2 Å². The molecule has 7 heteroatoms. The Morgan fingerprint density at radius 2 is 2.06 bits per heavy atom. The smallest absolute Gasteiger partial charge is 0.218 e. The third-order valence-electron chi connectivity index (χ3n) is 2.69. The fourth-order valence-electron chi connectivity index (χ4n) is 1.80. The topological polar surface area (TPSA) is 75.4 Å². The maximum Gasteiger partial charge on any atom is 0.218 e. The fraction of sp³-hybridized carbons (Fsp3) is 0.889. The van der Waals surface area contributed by atoms with Gasteiger partial charge in [0.25, 0.3) is 0 Å². The number of thiocarbonyl (C=S) groups is 1. The Morgan fingerprint density at radius 3 is 2.56 bits per heavy atom. The number of nitrogens with zero attached hydrogens (tertiary/aromatic N) is 1. The van der Waals surface area contributed by atoms with E-state index in [1.165, 1.54) is 12.8 Å². The van der Waals surface area contributed by atoms with E-state index in [9.17, 15) is 8.42 Å². The minimum Gasteiger partial charge on any atom is -0.392 e. The summed E-state index contributed by atoms with van der Waals surface area (Å²) < 4.78 is 25.5. The second-order valence-electron chi connectivity index (χ2n) is 4.17. The van der Waals surface area contributed by atoms with E-state index >= 15 is 0 Å². The van der Waals surface area contributed by atoms with Crippen molar-refractivity contribution in [3.8, 4) is 0 Å². The molecule has 0 aromatic rings. The summed E-state index contributed by atoms with van der Waals surface area (Å²) in [7, 11) is -3.35. The lowest BCUT2D eigenvalue weighted by Crippen LogP contribution is -2.42. The van der Waals surface area contributed by atoms with Crippen LogP contribution in [0.2, 0.25) is 0 Å². The molecule has 94 valence electrons. The molecule has 1 atom stereocenters. The van der Waals surface area contributed by atoms with Crippen LogP contribution in [0.25, 0.3) is 0 Å². The molecule has 3 N–H and O–H groups in total. The molecule has 1 aliphatic heterocycles. The van der Waals surface area contributed by atoms with Crippen LogP contribution in [-0.4, -0.2) is 49.7 Å². The van der Waals surface area contributed by atoms with Gasteiger partial charge in [-0.05, 0) is 32.9 Å². The maximum absolute atomic E-state index is 11.5. The Hall–Kier alpha value is -0.240. The predicted molar refractivity (Wildman–Crippen MR) is 68.8 cm³/mol. The van der Waals surface area contributed by atoms with Gasteiger partial charge in [-0.2, -0.15) is 0 Å². The lowest BCUT2D eigenvalue weighted by Gasteiger charge is -2.23. The van der Waals surface area contributed by atoms with Crippen LogP contribution in [-0.2, 0) is 10.0 Å². The summed E-state index contributed by atoms with van der Waals surface area (Å²) in [6.07, 6.45) is 2.40. The van der Waals surface area contributed by atoms with E-state index in [1.807, 2.05) is 6.92 Å². The molecule has 0 spiro atoms. The average molecular weight is 265 g/mol. The van der Waals surface area contributed by atoms with Gasteiger partial charge in [-0.15, -0.1) is 0 Å². The zero-order chi connectivity index (χ0) is 12.2. The summed E-state index contributed by atoms with van der Waals surface area (Å²) in [5, 5.41) is 0. The normalized spacial score (nSPS) is 19.8. The Bertz CT molecular complexity index is 337. The van der Waals surface area contributed by atoms with Gasteiger partial charge in [-0.3, -0.25) is 4.90 Å². The summed E-state index contributed by atoms with van der Waals surface area (Å²) in [4.78, 5) is 2.28. The molecular formula is C9H19N3O2S2. The Morgan fingerprint density at radius 1 is 1.50 bits per heavy atom. The zero-order valence-corrected chi connectivity index (χ0v) is 11.1. The van der Waals surface area contributed by atoms with Crippen LogP contribution in [0.3, 0.4) is 0 Å². The summed E-state index contributed by atoms with van der Waals surface area (Å²) >= 11 is 4.58. The highest BCUT2D eigenvalue weighted by Gasteiger charge is 2.20. The number of sulfonamides is 1. The first-order valence-corrected chi connectivity index (χ1v) is 7.46. The van der Waals surface area contributed by atoms with E-state index in [1.54, 1.807) is 0 Å². The quantitative estimate of drug-likeness (QED) is 0.644. The van der Waals surface area contributed by atoms with Crippen molar-refractivity contribution < 1.29 is 8.42 Å². The van der Waals surface area contributed by atoms with Crippen LogP contribution in [0.15, 0.2) is 0 Å².